The number of hydrogen-bond acceptors (Lipinski definition) is 2. The number of ether oxygens (including phenoxy) is 1. The van der Waals surface area contributed by atoms with Crippen molar-refractivity contribution in [2.45, 2.75) is 99.0 Å². The molecule has 0 spiro atoms. The Labute approximate surface area is 197 Å². The van der Waals surface area contributed by atoms with Gasteiger partial charge in [0.1, 0.15) is 6.10 Å². The fourth-order valence-corrected chi connectivity index (χ4v) is 6.57. The SMILES string of the molecule is C=C1CC[C@H](OC(C)=O)C/C1=C/C=C1\CCC[C@@]2(C)C1CC[C@@H]2C(C)/C=C/[C@H](C)C(C)C. The topological polar surface area (TPSA) is 26.3 Å². The van der Waals surface area contributed by atoms with Crippen molar-refractivity contribution >= 4 is 5.97 Å². The highest BCUT2D eigenvalue weighted by molar-refractivity contribution is 5.66. The van der Waals surface area contributed by atoms with Crippen LogP contribution < -0.4 is 0 Å². The molecule has 2 heteroatoms. The average molecular weight is 439 g/mol. The zero-order valence-electron chi connectivity index (χ0n) is 21.5. The number of carbonyl (C=O) groups is 1. The summed E-state index contributed by atoms with van der Waals surface area (Å²) in [6.07, 6.45) is 18.9. The largest absolute Gasteiger partial charge is 0.462 e. The molecule has 0 aromatic rings. The molecule has 3 aliphatic rings. The van der Waals surface area contributed by atoms with Gasteiger partial charge in [0.25, 0.3) is 0 Å². The van der Waals surface area contributed by atoms with E-state index in [1.54, 1.807) is 5.57 Å². The van der Waals surface area contributed by atoms with Crippen molar-refractivity contribution in [1.29, 1.82) is 0 Å². The van der Waals surface area contributed by atoms with E-state index in [0.717, 1.165) is 25.2 Å². The van der Waals surface area contributed by atoms with E-state index in [1.807, 2.05) is 0 Å². The molecule has 0 aliphatic heterocycles. The van der Waals surface area contributed by atoms with Crippen molar-refractivity contribution in [3.05, 3.63) is 47.6 Å². The highest BCUT2D eigenvalue weighted by atomic mass is 16.5. The summed E-state index contributed by atoms with van der Waals surface area (Å²) in [5.74, 6) is 3.31. The van der Waals surface area contributed by atoms with E-state index >= 15 is 0 Å². The lowest BCUT2D eigenvalue weighted by atomic mass is 9.61. The van der Waals surface area contributed by atoms with Gasteiger partial charge >= 0.3 is 5.97 Å². The molecule has 178 valence electrons. The summed E-state index contributed by atoms with van der Waals surface area (Å²) >= 11 is 0. The van der Waals surface area contributed by atoms with Crippen LogP contribution in [-0.4, -0.2) is 12.1 Å². The van der Waals surface area contributed by atoms with Gasteiger partial charge in [-0.3, -0.25) is 4.79 Å². The minimum atomic E-state index is -0.175. The molecular formula is C30H46O2. The maximum atomic E-state index is 11.4. The number of esters is 1. The van der Waals surface area contributed by atoms with Gasteiger partial charge < -0.3 is 4.74 Å². The summed E-state index contributed by atoms with van der Waals surface area (Å²) in [6.45, 7) is 17.8. The highest BCUT2D eigenvalue weighted by Crippen LogP contribution is 2.59. The molecule has 0 heterocycles. The molecule has 3 aliphatic carbocycles. The zero-order chi connectivity index (χ0) is 23.5. The van der Waals surface area contributed by atoms with Crippen molar-refractivity contribution in [3.8, 4) is 0 Å². The Morgan fingerprint density at radius 2 is 1.84 bits per heavy atom. The van der Waals surface area contributed by atoms with Gasteiger partial charge in [0.15, 0.2) is 0 Å². The normalized spacial score (nSPS) is 35.5. The minimum Gasteiger partial charge on any atom is -0.462 e. The fraction of sp³-hybridized carbons (Fsp3) is 0.700. The van der Waals surface area contributed by atoms with Gasteiger partial charge in [-0.2, -0.15) is 0 Å². The van der Waals surface area contributed by atoms with Crippen LogP contribution in [0.1, 0.15) is 92.9 Å². The van der Waals surface area contributed by atoms with Gasteiger partial charge in [-0.1, -0.05) is 76.6 Å². The molecule has 6 atom stereocenters. The Balaban J connectivity index is 1.74. The lowest BCUT2D eigenvalue weighted by Crippen LogP contribution is -2.35. The molecule has 0 bridgehead atoms. The van der Waals surface area contributed by atoms with Gasteiger partial charge in [0.05, 0.1) is 0 Å². The first kappa shape index (κ1) is 25.1. The third-order valence-corrected chi connectivity index (χ3v) is 8.94. The Hall–Kier alpha value is -1.57. The Bertz CT molecular complexity index is 783. The first-order valence-corrected chi connectivity index (χ1v) is 13.0. The third kappa shape index (κ3) is 5.67. The van der Waals surface area contributed by atoms with Crippen LogP contribution in [0, 0.1) is 35.0 Å². The van der Waals surface area contributed by atoms with Crippen LogP contribution in [0.25, 0.3) is 0 Å². The third-order valence-electron chi connectivity index (χ3n) is 8.94. The second-order valence-electron chi connectivity index (χ2n) is 11.5. The number of fused-ring (bicyclic) bond motifs is 1. The van der Waals surface area contributed by atoms with Crippen LogP contribution in [0.5, 0.6) is 0 Å². The maximum absolute atomic E-state index is 11.4. The predicted molar refractivity (Wildman–Crippen MR) is 135 cm³/mol. The fourth-order valence-electron chi connectivity index (χ4n) is 6.57. The van der Waals surface area contributed by atoms with Gasteiger partial charge in [-0.05, 0) is 85.5 Å². The summed E-state index contributed by atoms with van der Waals surface area (Å²) in [7, 11) is 0. The summed E-state index contributed by atoms with van der Waals surface area (Å²) < 4.78 is 5.49. The van der Waals surface area contributed by atoms with E-state index in [2.05, 4.69) is 65.5 Å². The summed E-state index contributed by atoms with van der Waals surface area (Å²) in [6, 6.07) is 0. The first-order chi connectivity index (χ1) is 15.1. The first-order valence-electron chi connectivity index (χ1n) is 13.0. The van der Waals surface area contributed by atoms with E-state index in [0.29, 0.717) is 29.1 Å². The monoisotopic (exact) mass is 438 g/mol. The summed E-state index contributed by atoms with van der Waals surface area (Å²) in [4.78, 5) is 11.4. The molecule has 0 radical (unpaired) electrons. The van der Waals surface area contributed by atoms with Crippen LogP contribution in [0.4, 0.5) is 0 Å². The number of rotatable bonds is 6. The van der Waals surface area contributed by atoms with Crippen LogP contribution in [0.3, 0.4) is 0 Å². The van der Waals surface area contributed by atoms with Crippen molar-refractivity contribution in [2.24, 2.45) is 35.0 Å². The summed E-state index contributed by atoms with van der Waals surface area (Å²) in [5.41, 5.74) is 4.54. The molecule has 0 amide bonds. The lowest BCUT2D eigenvalue weighted by molar-refractivity contribution is -0.146. The van der Waals surface area contributed by atoms with Crippen molar-refractivity contribution in [3.63, 3.8) is 0 Å². The van der Waals surface area contributed by atoms with Crippen molar-refractivity contribution in [2.75, 3.05) is 0 Å². The number of carbonyl (C=O) groups excluding carboxylic acids is 1. The molecule has 2 unspecified atom stereocenters. The molecule has 3 rings (SSSR count). The predicted octanol–water partition coefficient (Wildman–Crippen LogP) is 8.21. The van der Waals surface area contributed by atoms with Crippen LogP contribution >= 0.6 is 0 Å². The highest BCUT2D eigenvalue weighted by Gasteiger charge is 2.50. The molecule has 0 N–H and O–H groups in total. The molecule has 2 nitrogen and oxygen atoms in total. The molecular weight excluding hydrogens is 392 g/mol. The molecule has 0 aromatic carbocycles. The Morgan fingerprint density at radius 1 is 1.09 bits per heavy atom. The van der Waals surface area contributed by atoms with Crippen molar-refractivity contribution < 1.29 is 9.53 Å². The second kappa shape index (κ2) is 10.6. The molecule has 3 fully saturated rings. The van der Waals surface area contributed by atoms with Gasteiger partial charge in [0.2, 0.25) is 0 Å². The Morgan fingerprint density at radius 3 is 2.53 bits per heavy atom. The van der Waals surface area contributed by atoms with Crippen LogP contribution in [0.2, 0.25) is 0 Å². The number of allylic oxidation sites excluding steroid dienone is 6. The minimum absolute atomic E-state index is 0.0102. The summed E-state index contributed by atoms with van der Waals surface area (Å²) in [5, 5.41) is 0. The van der Waals surface area contributed by atoms with Gasteiger partial charge in [0, 0.05) is 13.3 Å². The molecule has 3 saturated carbocycles. The zero-order valence-corrected chi connectivity index (χ0v) is 21.5. The van der Waals surface area contributed by atoms with E-state index in [1.165, 1.54) is 50.2 Å². The van der Waals surface area contributed by atoms with Gasteiger partial charge in [-0.25, -0.2) is 0 Å². The quantitative estimate of drug-likeness (QED) is 0.308. The van der Waals surface area contributed by atoms with Crippen LogP contribution in [0.15, 0.2) is 47.6 Å². The van der Waals surface area contributed by atoms with E-state index in [-0.39, 0.29) is 12.1 Å². The number of hydrogen-bond donors (Lipinski definition) is 0. The van der Waals surface area contributed by atoms with Crippen molar-refractivity contribution in [1.82, 2.24) is 0 Å². The smallest absolute Gasteiger partial charge is 0.302 e. The average Bonchev–Trinajstić information content (AvgIpc) is 3.09. The molecule has 0 saturated heterocycles. The lowest BCUT2D eigenvalue weighted by Gasteiger charge is -2.44. The maximum Gasteiger partial charge on any atom is 0.302 e. The standard InChI is InChI=1S/C30H46O2/c1-20(2)21(3)10-11-23(5)28-16-17-29-25(9-8-18-30(28,29)7)13-14-26-19-27(32-24(6)31)15-12-22(26)4/h10-11,13-14,20-21,23,27-29H,4,8-9,12,15-19H2,1-3,5-7H3/b11-10+,25-13+,26-14-/t21-,23?,27-,28+,29?,30+/m0/s1. The van der Waals surface area contributed by atoms with Gasteiger partial charge in [-0.15, -0.1) is 0 Å². The molecule has 0 aromatic heterocycles. The van der Waals surface area contributed by atoms with Crippen LogP contribution in [-0.2, 0) is 9.53 Å². The van der Waals surface area contributed by atoms with E-state index in [9.17, 15) is 4.79 Å². The van der Waals surface area contributed by atoms with E-state index in [4.69, 9.17) is 4.74 Å². The van der Waals surface area contributed by atoms with E-state index < -0.39 is 0 Å². The second-order valence-corrected chi connectivity index (χ2v) is 11.5. The molecule has 32 heavy (non-hydrogen) atoms. The Kier molecular flexibility index (Phi) is 8.28.